The zero-order valence-corrected chi connectivity index (χ0v) is 15.7. The van der Waals surface area contributed by atoms with Crippen LogP contribution >= 0.6 is 0 Å². The van der Waals surface area contributed by atoms with E-state index in [1.807, 2.05) is 18.2 Å². The molecule has 2 saturated heterocycles. The van der Waals surface area contributed by atoms with Crippen molar-refractivity contribution >= 4 is 11.8 Å². The number of amides is 2. The second-order valence-corrected chi connectivity index (χ2v) is 7.67. The van der Waals surface area contributed by atoms with E-state index in [1.54, 1.807) is 4.90 Å². The molecular formula is C20H29N3O4. The van der Waals surface area contributed by atoms with Crippen LogP contribution in [0.3, 0.4) is 0 Å². The Morgan fingerprint density at radius 2 is 1.96 bits per heavy atom. The van der Waals surface area contributed by atoms with Crippen molar-refractivity contribution in [1.29, 1.82) is 0 Å². The van der Waals surface area contributed by atoms with E-state index >= 15 is 0 Å². The SMILES string of the molecule is NC(=O)CN1CC2(CCC1=O)CCN(Cc1ccccc1OCCO)CC2. The number of carbonyl (C=O) groups is 2. The molecule has 7 heteroatoms. The van der Waals surface area contributed by atoms with E-state index in [-0.39, 0.29) is 24.5 Å². The molecule has 2 heterocycles. The molecule has 2 aliphatic rings. The summed E-state index contributed by atoms with van der Waals surface area (Å²) in [7, 11) is 0. The Labute approximate surface area is 160 Å². The van der Waals surface area contributed by atoms with Gasteiger partial charge in [0.25, 0.3) is 0 Å². The van der Waals surface area contributed by atoms with E-state index < -0.39 is 5.91 Å². The molecule has 0 aliphatic carbocycles. The Morgan fingerprint density at radius 3 is 2.67 bits per heavy atom. The number of aliphatic hydroxyl groups excluding tert-OH is 1. The lowest BCUT2D eigenvalue weighted by Crippen LogP contribution is -2.53. The van der Waals surface area contributed by atoms with Gasteiger partial charge in [0.1, 0.15) is 12.4 Å². The van der Waals surface area contributed by atoms with Gasteiger partial charge in [-0.15, -0.1) is 0 Å². The molecule has 3 rings (SSSR count). The van der Waals surface area contributed by atoms with Gasteiger partial charge < -0.3 is 20.5 Å². The molecule has 0 saturated carbocycles. The molecule has 2 fully saturated rings. The number of carbonyl (C=O) groups excluding carboxylic acids is 2. The standard InChI is InChI=1S/C20H29N3O4/c21-18(25)14-23-15-20(6-5-19(23)26)7-9-22(10-8-20)13-16-3-1-2-4-17(16)27-12-11-24/h1-4,24H,5-15H2,(H2,21,25). The maximum Gasteiger partial charge on any atom is 0.237 e. The van der Waals surface area contributed by atoms with Gasteiger partial charge in [-0.2, -0.15) is 0 Å². The molecule has 27 heavy (non-hydrogen) atoms. The van der Waals surface area contributed by atoms with Crippen LogP contribution < -0.4 is 10.5 Å². The van der Waals surface area contributed by atoms with Crippen molar-refractivity contribution in [2.75, 3.05) is 39.4 Å². The molecular weight excluding hydrogens is 346 g/mol. The summed E-state index contributed by atoms with van der Waals surface area (Å²) < 4.78 is 5.64. The molecule has 0 aromatic heterocycles. The van der Waals surface area contributed by atoms with Crippen LogP contribution in [0.15, 0.2) is 24.3 Å². The van der Waals surface area contributed by atoms with Crippen LogP contribution in [-0.2, 0) is 16.1 Å². The van der Waals surface area contributed by atoms with E-state index in [1.165, 1.54) is 0 Å². The fraction of sp³-hybridized carbons (Fsp3) is 0.600. The third kappa shape index (κ3) is 4.99. The average Bonchev–Trinajstić information content (AvgIpc) is 2.66. The normalized spacial score (nSPS) is 20.0. The minimum Gasteiger partial charge on any atom is -0.491 e. The van der Waals surface area contributed by atoms with Gasteiger partial charge in [-0.25, -0.2) is 0 Å². The van der Waals surface area contributed by atoms with Gasteiger partial charge in [0, 0.05) is 25.1 Å². The number of primary amides is 1. The Balaban J connectivity index is 1.58. The quantitative estimate of drug-likeness (QED) is 0.733. The fourth-order valence-electron chi connectivity index (χ4n) is 4.20. The van der Waals surface area contributed by atoms with E-state index in [0.29, 0.717) is 19.6 Å². The molecule has 1 spiro atoms. The van der Waals surface area contributed by atoms with Crippen LogP contribution in [0, 0.1) is 5.41 Å². The molecule has 2 amide bonds. The Kier molecular flexibility index (Phi) is 6.34. The number of aliphatic hydroxyl groups is 1. The summed E-state index contributed by atoms with van der Waals surface area (Å²) in [4.78, 5) is 27.3. The lowest BCUT2D eigenvalue weighted by atomic mass is 9.72. The first kappa shape index (κ1) is 19.6. The molecule has 7 nitrogen and oxygen atoms in total. The van der Waals surface area contributed by atoms with Gasteiger partial charge in [-0.05, 0) is 43.8 Å². The summed E-state index contributed by atoms with van der Waals surface area (Å²) in [5.41, 5.74) is 6.52. The van der Waals surface area contributed by atoms with Crippen molar-refractivity contribution in [3.63, 3.8) is 0 Å². The van der Waals surface area contributed by atoms with Crippen LogP contribution in [0.1, 0.15) is 31.2 Å². The smallest absolute Gasteiger partial charge is 0.237 e. The van der Waals surface area contributed by atoms with Gasteiger partial charge in [0.2, 0.25) is 11.8 Å². The molecule has 3 N–H and O–H groups in total. The lowest BCUT2D eigenvalue weighted by Gasteiger charge is -2.47. The number of para-hydroxylation sites is 1. The van der Waals surface area contributed by atoms with E-state index in [9.17, 15) is 9.59 Å². The number of rotatable bonds is 7. The fourth-order valence-corrected chi connectivity index (χ4v) is 4.20. The maximum absolute atomic E-state index is 12.1. The minimum absolute atomic E-state index is 0.00108. The van der Waals surface area contributed by atoms with Crippen LogP contribution in [0.2, 0.25) is 0 Å². The van der Waals surface area contributed by atoms with Crippen LogP contribution in [-0.4, -0.2) is 66.1 Å². The predicted molar refractivity (Wildman–Crippen MR) is 101 cm³/mol. The summed E-state index contributed by atoms with van der Waals surface area (Å²) in [6, 6.07) is 7.94. The number of benzene rings is 1. The monoisotopic (exact) mass is 375 g/mol. The first-order chi connectivity index (χ1) is 13.0. The summed E-state index contributed by atoms with van der Waals surface area (Å²) in [5.74, 6) is 0.414. The predicted octanol–water partition coefficient (Wildman–Crippen LogP) is 0.748. The van der Waals surface area contributed by atoms with Crippen molar-refractivity contribution in [2.24, 2.45) is 11.1 Å². The average molecular weight is 375 g/mol. The zero-order chi connectivity index (χ0) is 19.3. The minimum atomic E-state index is -0.447. The summed E-state index contributed by atoms with van der Waals surface area (Å²) in [6.07, 6.45) is 3.42. The van der Waals surface area contributed by atoms with Gasteiger partial charge in [-0.1, -0.05) is 18.2 Å². The van der Waals surface area contributed by atoms with Crippen molar-refractivity contribution in [1.82, 2.24) is 9.80 Å². The second-order valence-electron chi connectivity index (χ2n) is 7.67. The molecule has 1 aromatic rings. The Hall–Kier alpha value is -2.12. The van der Waals surface area contributed by atoms with E-state index in [4.69, 9.17) is 15.6 Å². The number of likely N-dealkylation sites (tertiary alicyclic amines) is 2. The second kappa shape index (κ2) is 8.71. The van der Waals surface area contributed by atoms with Gasteiger partial charge in [-0.3, -0.25) is 14.5 Å². The topological polar surface area (TPSA) is 96.1 Å². The van der Waals surface area contributed by atoms with E-state index in [2.05, 4.69) is 11.0 Å². The molecule has 148 valence electrons. The Morgan fingerprint density at radius 1 is 1.22 bits per heavy atom. The maximum atomic E-state index is 12.1. The Bertz CT molecular complexity index is 671. The molecule has 1 aromatic carbocycles. The number of nitrogens with two attached hydrogens (primary N) is 1. The van der Waals surface area contributed by atoms with Crippen LogP contribution in [0.5, 0.6) is 5.75 Å². The van der Waals surface area contributed by atoms with Gasteiger partial charge in [0.05, 0.1) is 13.2 Å². The van der Waals surface area contributed by atoms with Crippen LogP contribution in [0.4, 0.5) is 0 Å². The van der Waals surface area contributed by atoms with Crippen molar-refractivity contribution < 1.29 is 19.4 Å². The van der Waals surface area contributed by atoms with Gasteiger partial charge in [0.15, 0.2) is 0 Å². The summed E-state index contributed by atoms with van der Waals surface area (Å²) in [6.45, 7) is 3.67. The number of ether oxygens (including phenoxy) is 1. The molecule has 0 unspecified atom stereocenters. The molecule has 0 bridgehead atoms. The first-order valence-corrected chi connectivity index (χ1v) is 9.61. The van der Waals surface area contributed by atoms with Crippen molar-refractivity contribution in [3.05, 3.63) is 29.8 Å². The highest BCUT2D eigenvalue weighted by molar-refractivity contribution is 5.84. The molecule has 0 radical (unpaired) electrons. The zero-order valence-electron chi connectivity index (χ0n) is 15.7. The first-order valence-electron chi connectivity index (χ1n) is 9.61. The third-order valence-corrected chi connectivity index (χ3v) is 5.73. The number of nitrogens with zero attached hydrogens (tertiary/aromatic N) is 2. The van der Waals surface area contributed by atoms with Gasteiger partial charge >= 0.3 is 0 Å². The number of piperidine rings is 2. The van der Waals surface area contributed by atoms with Crippen molar-refractivity contribution in [2.45, 2.75) is 32.2 Å². The van der Waals surface area contributed by atoms with E-state index in [0.717, 1.165) is 50.2 Å². The highest BCUT2D eigenvalue weighted by Gasteiger charge is 2.41. The summed E-state index contributed by atoms with van der Waals surface area (Å²) >= 11 is 0. The van der Waals surface area contributed by atoms with Crippen molar-refractivity contribution in [3.8, 4) is 5.75 Å². The lowest BCUT2D eigenvalue weighted by molar-refractivity contribution is -0.142. The largest absolute Gasteiger partial charge is 0.491 e. The third-order valence-electron chi connectivity index (χ3n) is 5.73. The molecule has 2 aliphatic heterocycles. The summed E-state index contributed by atoms with van der Waals surface area (Å²) in [5, 5.41) is 8.98. The molecule has 0 atom stereocenters. The highest BCUT2D eigenvalue weighted by atomic mass is 16.5. The number of hydrogen-bond acceptors (Lipinski definition) is 5. The highest BCUT2D eigenvalue weighted by Crippen LogP contribution is 2.40. The van der Waals surface area contributed by atoms with Crippen LogP contribution in [0.25, 0.3) is 0 Å². The number of hydrogen-bond donors (Lipinski definition) is 2.